The van der Waals surface area contributed by atoms with E-state index in [1.165, 1.54) is 11.3 Å². The molecule has 1 saturated heterocycles. The lowest BCUT2D eigenvalue weighted by Gasteiger charge is -2.36. The molecule has 5 nitrogen and oxygen atoms in total. The lowest BCUT2D eigenvalue weighted by Crippen LogP contribution is -2.47. The van der Waals surface area contributed by atoms with Crippen LogP contribution in [0, 0.1) is 6.92 Å². The molecule has 0 spiro atoms. The number of anilines is 2. The summed E-state index contributed by atoms with van der Waals surface area (Å²) in [6.07, 6.45) is 3.44. The van der Waals surface area contributed by atoms with Crippen molar-refractivity contribution in [3.63, 3.8) is 0 Å². The van der Waals surface area contributed by atoms with Gasteiger partial charge in [-0.3, -0.25) is 0 Å². The molecule has 0 unspecified atom stereocenters. The van der Waals surface area contributed by atoms with Crippen molar-refractivity contribution in [2.24, 2.45) is 0 Å². The van der Waals surface area contributed by atoms with E-state index in [1.54, 1.807) is 19.5 Å². The summed E-state index contributed by atoms with van der Waals surface area (Å²) in [5.41, 5.74) is 2.60. The predicted molar refractivity (Wildman–Crippen MR) is 84.2 cm³/mol. The van der Waals surface area contributed by atoms with Gasteiger partial charge < -0.3 is 14.5 Å². The number of hydrogen-bond donors (Lipinski definition) is 0. The Balaban J connectivity index is 1.64. The van der Waals surface area contributed by atoms with Gasteiger partial charge in [-0.15, -0.1) is 0 Å². The Morgan fingerprint density at radius 2 is 1.67 bits per heavy atom. The van der Waals surface area contributed by atoms with Crippen molar-refractivity contribution in [1.29, 1.82) is 0 Å². The lowest BCUT2D eigenvalue weighted by atomic mass is 10.2. The quantitative estimate of drug-likeness (QED) is 0.863. The summed E-state index contributed by atoms with van der Waals surface area (Å²) in [6.45, 7) is 5.96. The number of ether oxygens (including phenoxy) is 1. The highest BCUT2D eigenvalue weighted by Gasteiger charge is 2.19. The summed E-state index contributed by atoms with van der Waals surface area (Å²) < 4.78 is 5.09. The van der Waals surface area contributed by atoms with Crippen molar-refractivity contribution >= 4 is 11.6 Å². The van der Waals surface area contributed by atoms with Crippen LogP contribution in [0.1, 0.15) is 5.56 Å². The summed E-state index contributed by atoms with van der Waals surface area (Å²) in [4.78, 5) is 13.3. The highest BCUT2D eigenvalue weighted by molar-refractivity contribution is 5.50. The van der Waals surface area contributed by atoms with E-state index in [0.717, 1.165) is 32.1 Å². The smallest absolute Gasteiger partial charge is 0.225 e. The summed E-state index contributed by atoms with van der Waals surface area (Å²) >= 11 is 0. The van der Waals surface area contributed by atoms with Crippen molar-refractivity contribution in [1.82, 2.24) is 9.97 Å². The van der Waals surface area contributed by atoms with Crippen molar-refractivity contribution in [2.45, 2.75) is 6.92 Å². The topological polar surface area (TPSA) is 41.5 Å². The SMILES string of the molecule is COc1cnc(N2CCN(c3cccc(C)c3)CC2)nc1. The molecule has 0 N–H and O–H groups in total. The lowest BCUT2D eigenvalue weighted by molar-refractivity contribution is 0.410. The maximum Gasteiger partial charge on any atom is 0.225 e. The number of piperazine rings is 1. The van der Waals surface area contributed by atoms with Gasteiger partial charge in [-0.25, -0.2) is 9.97 Å². The highest BCUT2D eigenvalue weighted by Crippen LogP contribution is 2.19. The number of aryl methyl sites for hydroxylation is 1. The minimum Gasteiger partial charge on any atom is -0.494 e. The summed E-state index contributed by atoms with van der Waals surface area (Å²) in [6, 6.07) is 8.65. The van der Waals surface area contributed by atoms with Crippen molar-refractivity contribution < 1.29 is 4.74 Å². The van der Waals surface area contributed by atoms with E-state index in [4.69, 9.17) is 4.74 Å². The van der Waals surface area contributed by atoms with Crippen LogP contribution in [-0.2, 0) is 0 Å². The number of aromatic nitrogens is 2. The average molecular weight is 284 g/mol. The molecule has 110 valence electrons. The molecule has 1 fully saturated rings. The van der Waals surface area contributed by atoms with Crippen molar-refractivity contribution in [3.8, 4) is 5.75 Å². The van der Waals surface area contributed by atoms with Crippen LogP contribution in [0.25, 0.3) is 0 Å². The van der Waals surface area contributed by atoms with Gasteiger partial charge in [0, 0.05) is 31.9 Å². The van der Waals surface area contributed by atoms with Gasteiger partial charge in [-0.2, -0.15) is 0 Å². The zero-order valence-corrected chi connectivity index (χ0v) is 12.5. The Morgan fingerprint density at radius 1 is 1.00 bits per heavy atom. The van der Waals surface area contributed by atoms with Crippen LogP contribution in [0.5, 0.6) is 5.75 Å². The number of hydrogen-bond acceptors (Lipinski definition) is 5. The Labute approximate surface area is 125 Å². The zero-order valence-electron chi connectivity index (χ0n) is 12.5. The molecule has 3 rings (SSSR count). The summed E-state index contributed by atoms with van der Waals surface area (Å²) in [5.74, 6) is 1.47. The van der Waals surface area contributed by atoms with Gasteiger partial charge in [-0.05, 0) is 24.6 Å². The molecule has 21 heavy (non-hydrogen) atoms. The fourth-order valence-electron chi connectivity index (χ4n) is 2.57. The van der Waals surface area contributed by atoms with E-state index in [0.29, 0.717) is 5.75 Å². The van der Waals surface area contributed by atoms with Gasteiger partial charge in [-0.1, -0.05) is 12.1 Å². The number of methoxy groups -OCH3 is 1. The molecular weight excluding hydrogens is 264 g/mol. The number of benzene rings is 1. The molecule has 5 heteroatoms. The average Bonchev–Trinajstić information content (AvgIpc) is 2.55. The predicted octanol–water partition coefficient (Wildman–Crippen LogP) is 2.12. The van der Waals surface area contributed by atoms with Crippen molar-refractivity contribution in [3.05, 3.63) is 42.2 Å². The Morgan fingerprint density at radius 3 is 2.29 bits per heavy atom. The second-order valence-corrected chi connectivity index (χ2v) is 5.24. The van der Waals surface area contributed by atoms with E-state index in [2.05, 4.69) is 51.0 Å². The Hall–Kier alpha value is -2.30. The van der Waals surface area contributed by atoms with Crippen LogP contribution in [0.2, 0.25) is 0 Å². The second kappa shape index (κ2) is 5.99. The first kappa shape index (κ1) is 13.7. The normalized spacial score (nSPS) is 15.1. The molecule has 2 aromatic rings. The zero-order chi connectivity index (χ0) is 14.7. The van der Waals surface area contributed by atoms with Crippen molar-refractivity contribution in [2.75, 3.05) is 43.1 Å². The maximum absolute atomic E-state index is 5.09. The third-order valence-electron chi connectivity index (χ3n) is 3.78. The van der Waals surface area contributed by atoms with Crippen LogP contribution in [0.3, 0.4) is 0 Å². The molecule has 1 aromatic carbocycles. The van der Waals surface area contributed by atoms with E-state index in [1.807, 2.05) is 0 Å². The Bertz CT molecular complexity index is 591. The van der Waals surface area contributed by atoms with Crippen LogP contribution in [-0.4, -0.2) is 43.3 Å². The summed E-state index contributed by atoms with van der Waals surface area (Å²) in [7, 11) is 1.62. The highest BCUT2D eigenvalue weighted by atomic mass is 16.5. The standard InChI is InChI=1S/C16H20N4O/c1-13-4-3-5-14(10-13)19-6-8-20(9-7-19)16-17-11-15(21-2)12-18-16/h3-5,10-12H,6-9H2,1-2H3. The molecule has 0 atom stereocenters. The molecule has 0 aliphatic carbocycles. The first-order chi connectivity index (χ1) is 10.3. The molecule has 0 saturated carbocycles. The molecule has 0 radical (unpaired) electrons. The van der Waals surface area contributed by atoms with Gasteiger partial charge in [0.2, 0.25) is 5.95 Å². The molecule has 1 aliphatic rings. The third kappa shape index (κ3) is 3.07. The first-order valence-corrected chi connectivity index (χ1v) is 7.19. The fraction of sp³-hybridized carbons (Fsp3) is 0.375. The van der Waals surface area contributed by atoms with E-state index >= 15 is 0 Å². The minimum atomic E-state index is 0.692. The molecule has 1 aromatic heterocycles. The Kier molecular flexibility index (Phi) is 3.90. The number of nitrogens with zero attached hydrogens (tertiary/aromatic N) is 4. The molecule has 2 heterocycles. The monoisotopic (exact) mass is 284 g/mol. The van der Waals surface area contributed by atoms with Gasteiger partial charge in [0.05, 0.1) is 19.5 Å². The van der Waals surface area contributed by atoms with E-state index in [9.17, 15) is 0 Å². The van der Waals surface area contributed by atoms with Crippen LogP contribution >= 0.6 is 0 Å². The van der Waals surface area contributed by atoms with Crippen LogP contribution in [0.15, 0.2) is 36.7 Å². The van der Waals surface area contributed by atoms with Gasteiger partial charge in [0.25, 0.3) is 0 Å². The van der Waals surface area contributed by atoms with E-state index in [-0.39, 0.29) is 0 Å². The van der Waals surface area contributed by atoms with Crippen LogP contribution in [0.4, 0.5) is 11.6 Å². The molecule has 0 amide bonds. The van der Waals surface area contributed by atoms with Crippen LogP contribution < -0.4 is 14.5 Å². The molecular formula is C16H20N4O. The molecule has 1 aliphatic heterocycles. The second-order valence-electron chi connectivity index (χ2n) is 5.24. The minimum absolute atomic E-state index is 0.692. The molecule has 0 bridgehead atoms. The maximum atomic E-state index is 5.09. The van der Waals surface area contributed by atoms with E-state index < -0.39 is 0 Å². The van der Waals surface area contributed by atoms with Gasteiger partial charge in [0.15, 0.2) is 5.75 Å². The van der Waals surface area contributed by atoms with Gasteiger partial charge >= 0.3 is 0 Å². The largest absolute Gasteiger partial charge is 0.494 e. The summed E-state index contributed by atoms with van der Waals surface area (Å²) in [5, 5.41) is 0. The fourth-order valence-corrected chi connectivity index (χ4v) is 2.57. The van der Waals surface area contributed by atoms with Gasteiger partial charge in [0.1, 0.15) is 0 Å². The number of rotatable bonds is 3. The third-order valence-corrected chi connectivity index (χ3v) is 3.78. The first-order valence-electron chi connectivity index (χ1n) is 7.19.